The largest absolute Gasteiger partial charge is 0.756 e. The molecule has 2 atom stereocenters. The smallest absolute Gasteiger partial charge is 0.306 e. The zero-order valence-electron chi connectivity index (χ0n) is 33.1. The van der Waals surface area contributed by atoms with Crippen LogP contribution in [0.3, 0.4) is 0 Å². The molecule has 296 valence electrons. The summed E-state index contributed by atoms with van der Waals surface area (Å²) in [5.41, 5.74) is 0. The van der Waals surface area contributed by atoms with Crippen LogP contribution in [0.2, 0.25) is 0 Å². The van der Waals surface area contributed by atoms with Crippen LogP contribution in [0.4, 0.5) is 0 Å². The molecular weight excluding hydrogens is 653 g/mol. The lowest BCUT2D eigenvalue weighted by Gasteiger charge is -2.28. The number of quaternary nitrogens is 1. The Hall–Kier alpha value is -1.25. The Labute approximate surface area is 307 Å². The number of phosphoric acid groups is 1. The second-order valence-electron chi connectivity index (χ2n) is 15.0. The van der Waals surface area contributed by atoms with Gasteiger partial charge in [-0.05, 0) is 38.5 Å². The maximum Gasteiger partial charge on any atom is 0.306 e. The SMILES string of the molecule is CCCCCCCC/C=C\CCCCCCCC(=O)O[C@H](COC(=O)CCCCCCCCCCCCC)COP(=O)([O-])OCC[N+](C)(C)C. The number of hydrogen-bond acceptors (Lipinski definition) is 8. The van der Waals surface area contributed by atoms with E-state index in [2.05, 4.69) is 26.0 Å². The molecule has 0 aromatic heterocycles. The summed E-state index contributed by atoms with van der Waals surface area (Å²) in [7, 11) is 1.17. The van der Waals surface area contributed by atoms with Gasteiger partial charge in [-0.3, -0.25) is 14.2 Å². The molecule has 9 nitrogen and oxygen atoms in total. The fourth-order valence-corrected chi connectivity index (χ4v) is 6.26. The average molecular weight is 732 g/mol. The lowest BCUT2D eigenvalue weighted by molar-refractivity contribution is -0.870. The van der Waals surface area contributed by atoms with Gasteiger partial charge in [0.1, 0.15) is 19.8 Å². The molecule has 0 rings (SSSR count). The number of unbranched alkanes of at least 4 members (excludes halogenated alkanes) is 21. The number of hydrogen-bond donors (Lipinski definition) is 0. The molecule has 0 aliphatic carbocycles. The lowest BCUT2D eigenvalue weighted by atomic mass is 10.1. The summed E-state index contributed by atoms with van der Waals surface area (Å²) in [6, 6.07) is 0. The van der Waals surface area contributed by atoms with Crippen LogP contribution in [0.1, 0.15) is 181 Å². The average Bonchev–Trinajstić information content (AvgIpc) is 3.06. The molecule has 0 radical (unpaired) electrons. The molecule has 50 heavy (non-hydrogen) atoms. The van der Waals surface area contributed by atoms with Gasteiger partial charge in [-0.2, -0.15) is 0 Å². The molecule has 0 heterocycles. The molecule has 0 aromatic carbocycles. The number of esters is 2. The Kier molecular flexibility index (Phi) is 32.7. The van der Waals surface area contributed by atoms with E-state index in [0.717, 1.165) is 51.4 Å². The molecule has 1 unspecified atom stereocenters. The van der Waals surface area contributed by atoms with Crippen molar-refractivity contribution < 1.29 is 42.1 Å². The molecule has 0 saturated carbocycles. The van der Waals surface area contributed by atoms with Crippen LogP contribution in [0.5, 0.6) is 0 Å². The van der Waals surface area contributed by atoms with E-state index in [9.17, 15) is 19.0 Å². The van der Waals surface area contributed by atoms with Crippen molar-refractivity contribution in [1.29, 1.82) is 0 Å². The highest BCUT2D eigenvalue weighted by molar-refractivity contribution is 7.45. The van der Waals surface area contributed by atoms with E-state index in [1.807, 2.05) is 21.1 Å². The van der Waals surface area contributed by atoms with Crippen LogP contribution in [0, 0.1) is 0 Å². The Morgan fingerprint density at radius 1 is 0.600 bits per heavy atom. The van der Waals surface area contributed by atoms with Gasteiger partial charge >= 0.3 is 11.9 Å². The third-order valence-corrected chi connectivity index (χ3v) is 9.75. The summed E-state index contributed by atoms with van der Waals surface area (Å²) < 4.78 is 33.8. The lowest BCUT2D eigenvalue weighted by Crippen LogP contribution is -2.37. The van der Waals surface area contributed by atoms with Crippen LogP contribution in [-0.2, 0) is 32.7 Å². The quantitative estimate of drug-likeness (QED) is 0.0204. The van der Waals surface area contributed by atoms with E-state index < -0.39 is 26.5 Å². The van der Waals surface area contributed by atoms with Crippen molar-refractivity contribution in [3.63, 3.8) is 0 Å². The Balaban J connectivity index is 4.40. The van der Waals surface area contributed by atoms with Crippen molar-refractivity contribution in [3.05, 3.63) is 12.2 Å². The number of rotatable bonds is 37. The van der Waals surface area contributed by atoms with Crippen molar-refractivity contribution in [2.45, 2.75) is 187 Å². The number of carbonyl (C=O) groups is 2. The zero-order valence-corrected chi connectivity index (χ0v) is 34.0. The van der Waals surface area contributed by atoms with E-state index >= 15 is 0 Å². The number of ether oxygens (including phenoxy) is 2. The number of phosphoric ester groups is 1. The van der Waals surface area contributed by atoms with Gasteiger partial charge in [0.25, 0.3) is 7.82 Å². The first kappa shape index (κ1) is 48.8. The first-order valence-corrected chi connectivity index (χ1v) is 21.9. The molecule has 0 amide bonds. The van der Waals surface area contributed by atoms with E-state index in [1.165, 1.54) is 96.3 Å². The highest BCUT2D eigenvalue weighted by Crippen LogP contribution is 2.38. The second kappa shape index (κ2) is 33.6. The molecule has 0 saturated heterocycles. The van der Waals surface area contributed by atoms with Crippen LogP contribution in [-0.4, -0.2) is 70.0 Å². The molecule has 0 bridgehead atoms. The van der Waals surface area contributed by atoms with Gasteiger partial charge in [0.05, 0.1) is 27.7 Å². The molecule has 0 spiro atoms. The first-order chi connectivity index (χ1) is 24.0. The number of carbonyl (C=O) groups excluding carboxylic acids is 2. The maximum atomic E-state index is 12.6. The third kappa shape index (κ3) is 36.5. The predicted octanol–water partition coefficient (Wildman–Crippen LogP) is 10.4. The van der Waals surface area contributed by atoms with Crippen LogP contribution < -0.4 is 4.89 Å². The minimum absolute atomic E-state index is 0.0296. The number of allylic oxidation sites excluding steroid dienone is 2. The first-order valence-electron chi connectivity index (χ1n) is 20.4. The van der Waals surface area contributed by atoms with E-state index in [0.29, 0.717) is 17.4 Å². The fraction of sp³-hybridized carbons (Fsp3) is 0.900. The van der Waals surface area contributed by atoms with Crippen LogP contribution in [0.15, 0.2) is 12.2 Å². The second-order valence-corrected chi connectivity index (χ2v) is 16.4. The minimum Gasteiger partial charge on any atom is -0.756 e. The van der Waals surface area contributed by atoms with Gasteiger partial charge < -0.3 is 27.9 Å². The van der Waals surface area contributed by atoms with Gasteiger partial charge in [0.2, 0.25) is 0 Å². The highest BCUT2D eigenvalue weighted by atomic mass is 31.2. The monoisotopic (exact) mass is 732 g/mol. The van der Waals surface area contributed by atoms with Crippen molar-refractivity contribution in [2.24, 2.45) is 0 Å². The van der Waals surface area contributed by atoms with Gasteiger partial charge in [-0.25, -0.2) is 0 Å². The van der Waals surface area contributed by atoms with Crippen molar-refractivity contribution >= 4 is 19.8 Å². The van der Waals surface area contributed by atoms with Gasteiger partial charge in [-0.1, -0.05) is 142 Å². The molecule has 0 N–H and O–H groups in total. The van der Waals surface area contributed by atoms with E-state index in [-0.39, 0.29) is 32.0 Å². The summed E-state index contributed by atoms with van der Waals surface area (Å²) in [5.74, 6) is -0.840. The fourth-order valence-electron chi connectivity index (χ4n) is 5.53. The van der Waals surface area contributed by atoms with Gasteiger partial charge in [-0.15, -0.1) is 0 Å². The highest BCUT2D eigenvalue weighted by Gasteiger charge is 2.21. The number of likely N-dealkylation sites (N-methyl/N-ethyl adjacent to an activating group) is 1. The molecule has 0 fully saturated rings. The van der Waals surface area contributed by atoms with Gasteiger partial charge in [0.15, 0.2) is 6.10 Å². The van der Waals surface area contributed by atoms with E-state index in [4.69, 9.17) is 18.5 Å². The predicted molar refractivity (Wildman–Crippen MR) is 204 cm³/mol. The summed E-state index contributed by atoms with van der Waals surface area (Å²) in [6.45, 7) is 4.20. The van der Waals surface area contributed by atoms with Crippen molar-refractivity contribution in [3.8, 4) is 0 Å². The normalized spacial score (nSPS) is 13.8. The molecular formula is C40H78NO8P. The maximum absolute atomic E-state index is 12.6. The molecule has 0 aromatic rings. The van der Waals surface area contributed by atoms with Crippen LogP contribution in [0.25, 0.3) is 0 Å². The van der Waals surface area contributed by atoms with Crippen LogP contribution >= 0.6 is 7.82 Å². The molecule has 0 aliphatic rings. The zero-order chi connectivity index (χ0) is 37.2. The summed E-state index contributed by atoms with van der Waals surface area (Å²) in [4.78, 5) is 37.3. The minimum atomic E-state index is -4.61. The molecule has 0 aliphatic heterocycles. The number of nitrogens with zero attached hydrogens (tertiary/aromatic N) is 1. The third-order valence-electron chi connectivity index (χ3n) is 8.79. The molecule has 10 heteroatoms. The van der Waals surface area contributed by atoms with Gasteiger partial charge in [0, 0.05) is 12.8 Å². The standard InChI is InChI=1S/C40H78NO8P/c1-6-8-10-12-14-16-18-19-20-21-23-25-27-29-31-33-40(43)49-38(37-48-50(44,45)47-35-34-41(3,4)5)36-46-39(42)32-30-28-26-24-22-17-15-13-11-9-7-2/h19-20,38H,6-18,21-37H2,1-5H3/b20-19-/t38-/m1/s1. The topological polar surface area (TPSA) is 111 Å². The Morgan fingerprint density at radius 3 is 1.48 bits per heavy atom. The summed E-state index contributed by atoms with van der Waals surface area (Å²) >= 11 is 0. The van der Waals surface area contributed by atoms with Crippen molar-refractivity contribution in [1.82, 2.24) is 0 Å². The Bertz CT molecular complexity index is 876. The summed E-state index contributed by atoms with van der Waals surface area (Å²) in [5, 5.41) is 0. The van der Waals surface area contributed by atoms with E-state index in [1.54, 1.807) is 0 Å². The van der Waals surface area contributed by atoms with Crippen molar-refractivity contribution in [2.75, 3.05) is 47.5 Å². The summed E-state index contributed by atoms with van der Waals surface area (Å²) in [6.07, 6.45) is 32.3. The Morgan fingerprint density at radius 2 is 1.02 bits per heavy atom.